The van der Waals surface area contributed by atoms with E-state index in [1.165, 1.54) is 5.56 Å². The summed E-state index contributed by atoms with van der Waals surface area (Å²) in [5.41, 5.74) is 1.26. The summed E-state index contributed by atoms with van der Waals surface area (Å²) in [4.78, 5) is 17.8. The van der Waals surface area contributed by atoms with Crippen LogP contribution in [-0.2, 0) is 11.3 Å². The molecule has 1 saturated heterocycles. The van der Waals surface area contributed by atoms with E-state index in [2.05, 4.69) is 32.5 Å². The Morgan fingerprint density at radius 2 is 2.38 bits per heavy atom. The van der Waals surface area contributed by atoms with E-state index in [0.717, 1.165) is 32.0 Å². The van der Waals surface area contributed by atoms with Gasteiger partial charge >= 0.3 is 0 Å². The fourth-order valence-electron chi connectivity index (χ4n) is 2.30. The van der Waals surface area contributed by atoms with Crippen LogP contribution in [0.5, 0.6) is 0 Å². The molecule has 2 rings (SSSR count). The molecule has 0 aromatic carbocycles. The van der Waals surface area contributed by atoms with Crippen LogP contribution in [0.1, 0.15) is 25.3 Å². The van der Waals surface area contributed by atoms with Gasteiger partial charge in [-0.1, -0.05) is 6.92 Å². The third-order valence-electron chi connectivity index (χ3n) is 3.45. The molecule has 0 radical (unpaired) electrons. The molecule has 2 heterocycles. The van der Waals surface area contributed by atoms with Crippen molar-refractivity contribution in [3.63, 3.8) is 0 Å². The zero-order valence-corrected chi connectivity index (χ0v) is 15.6. The zero-order valence-electron chi connectivity index (χ0n) is 12.5. The van der Waals surface area contributed by atoms with Crippen molar-refractivity contribution < 1.29 is 4.79 Å². The largest absolute Gasteiger partial charge is 0.352 e. The number of amides is 1. The second-order valence-corrected chi connectivity index (χ2v) is 5.66. The molecule has 1 fully saturated rings. The Labute approximate surface area is 147 Å². The highest BCUT2D eigenvalue weighted by Crippen LogP contribution is 2.10. The number of halogens is 1. The van der Waals surface area contributed by atoms with E-state index in [-0.39, 0.29) is 29.9 Å². The first-order valence-electron chi connectivity index (χ1n) is 6.99. The Balaban J connectivity index is 0.00000220. The molecule has 5 nitrogen and oxygen atoms in total. The molecule has 0 spiro atoms. The van der Waals surface area contributed by atoms with Crippen LogP contribution in [0.25, 0.3) is 0 Å². The molecule has 1 aliphatic heterocycles. The van der Waals surface area contributed by atoms with Gasteiger partial charge in [-0.3, -0.25) is 9.79 Å². The Kier molecular flexibility index (Phi) is 8.02. The van der Waals surface area contributed by atoms with Gasteiger partial charge in [0.05, 0.1) is 0 Å². The molecule has 1 aromatic rings. The van der Waals surface area contributed by atoms with E-state index in [9.17, 15) is 4.79 Å². The minimum atomic E-state index is 0. The molecule has 1 aliphatic rings. The number of aliphatic imine (C=N–C) groups is 1. The number of carbonyl (C=O) groups is 1. The van der Waals surface area contributed by atoms with Gasteiger partial charge in [0.2, 0.25) is 5.91 Å². The fourth-order valence-corrected chi connectivity index (χ4v) is 2.96. The van der Waals surface area contributed by atoms with Gasteiger partial charge in [-0.05, 0) is 28.8 Å². The molecule has 7 heteroatoms. The Hall–Kier alpha value is -0.830. The van der Waals surface area contributed by atoms with Crippen molar-refractivity contribution in [3.8, 4) is 0 Å². The average Bonchev–Trinajstić information content (AvgIpc) is 3.13. The highest BCUT2D eigenvalue weighted by molar-refractivity contribution is 14.0. The number of nitrogens with one attached hydrogen (secondary N) is 2. The Morgan fingerprint density at radius 3 is 3.00 bits per heavy atom. The van der Waals surface area contributed by atoms with Crippen LogP contribution in [0, 0.1) is 0 Å². The highest BCUT2D eigenvalue weighted by atomic mass is 127. The lowest BCUT2D eigenvalue weighted by Gasteiger charge is -2.18. The monoisotopic (exact) mass is 422 g/mol. The normalized spacial score (nSPS) is 18.3. The lowest BCUT2D eigenvalue weighted by Crippen LogP contribution is -2.44. The summed E-state index contributed by atoms with van der Waals surface area (Å²) < 4.78 is 0. The van der Waals surface area contributed by atoms with E-state index in [1.807, 2.05) is 11.8 Å². The number of rotatable bonds is 4. The van der Waals surface area contributed by atoms with E-state index in [0.29, 0.717) is 12.5 Å². The van der Waals surface area contributed by atoms with Crippen LogP contribution < -0.4 is 10.6 Å². The predicted octanol–water partition coefficient (Wildman–Crippen LogP) is 2.04. The van der Waals surface area contributed by atoms with E-state index in [1.54, 1.807) is 18.4 Å². The van der Waals surface area contributed by atoms with Crippen molar-refractivity contribution in [2.45, 2.75) is 32.4 Å². The number of hydrogen-bond acceptors (Lipinski definition) is 3. The summed E-state index contributed by atoms with van der Waals surface area (Å²) in [6.45, 7) is 4.29. The minimum absolute atomic E-state index is 0. The van der Waals surface area contributed by atoms with Gasteiger partial charge < -0.3 is 15.5 Å². The molecule has 2 N–H and O–H groups in total. The summed E-state index contributed by atoms with van der Waals surface area (Å²) in [5, 5.41) is 10.9. The summed E-state index contributed by atoms with van der Waals surface area (Å²) in [6.07, 6.45) is 1.56. The third-order valence-corrected chi connectivity index (χ3v) is 4.18. The van der Waals surface area contributed by atoms with E-state index >= 15 is 0 Å². The fraction of sp³-hybridized carbons (Fsp3) is 0.571. The summed E-state index contributed by atoms with van der Waals surface area (Å²) in [6, 6.07) is 2.39. The molecule has 21 heavy (non-hydrogen) atoms. The number of guanidine groups is 1. The van der Waals surface area contributed by atoms with Crippen LogP contribution >= 0.6 is 35.3 Å². The van der Waals surface area contributed by atoms with Crippen LogP contribution in [0.3, 0.4) is 0 Å². The summed E-state index contributed by atoms with van der Waals surface area (Å²) in [5.74, 6) is 1.03. The van der Waals surface area contributed by atoms with Crippen LogP contribution in [0.2, 0.25) is 0 Å². The lowest BCUT2D eigenvalue weighted by atomic mass is 10.3. The minimum Gasteiger partial charge on any atom is -0.352 e. The van der Waals surface area contributed by atoms with E-state index in [4.69, 9.17) is 0 Å². The van der Waals surface area contributed by atoms with Gasteiger partial charge in [-0.2, -0.15) is 11.3 Å². The summed E-state index contributed by atoms with van der Waals surface area (Å²) in [7, 11) is 1.77. The van der Waals surface area contributed by atoms with Gasteiger partial charge in [0, 0.05) is 39.1 Å². The molecule has 1 aromatic heterocycles. The first kappa shape index (κ1) is 18.2. The molecular weight excluding hydrogens is 399 g/mol. The molecular formula is C14H23IN4OS. The zero-order chi connectivity index (χ0) is 14.4. The molecule has 1 unspecified atom stereocenters. The quantitative estimate of drug-likeness (QED) is 0.444. The van der Waals surface area contributed by atoms with Gasteiger partial charge in [0.15, 0.2) is 5.96 Å². The molecule has 0 saturated carbocycles. The Bertz CT molecular complexity index is 464. The first-order chi connectivity index (χ1) is 9.72. The molecule has 1 amide bonds. The predicted molar refractivity (Wildman–Crippen MR) is 98.3 cm³/mol. The maximum atomic E-state index is 11.6. The number of nitrogens with zero attached hydrogens (tertiary/aromatic N) is 2. The van der Waals surface area contributed by atoms with Gasteiger partial charge in [0.25, 0.3) is 0 Å². The first-order valence-corrected chi connectivity index (χ1v) is 7.93. The van der Waals surface area contributed by atoms with Crippen LogP contribution in [0.4, 0.5) is 0 Å². The third kappa shape index (κ3) is 5.46. The molecule has 0 aliphatic carbocycles. The molecule has 1 atom stereocenters. The number of carbonyl (C=O) groups excluding carboxylic acids is 1. The molecule has 0 bridgehead atoms. The number of likely N-dealkylation sites (tertiary alicyclic amines) is 1. The van der Waals surface area contributed by atoms with Crippen LogP contribution in [0.15, 0.2) is 21.8 Å². The lowest BCUT2D eigenvalue weighted by molar-refractivity contribution is -0.129. The van der Waals surface area contributed by atoms with Gasteiger partial charge in [0.1, 0.15) is 0 Å². The highest BCUT2D eigenvalue weighted by Gasteiger charge is 2.25. The van der Waals surface area contributed by atoms with Crippen LogP contribution in [-0.4, -0.2) is 42.9 Å². The smallest absolute Gasteiger partial charge is 0.222 e. The van der Waals surface area contributed by atoms with Gasteiger partial charge in [-0.25, -0.2) is 0 Å². The van der Waals surface area contributed by atoms with Crippen molar-refractivity contribution >= 4 is 47.2 Å². The second kappa shape index (κ2) is 9.24. The number of hydrogen-bond donors (Lipinski definition) is 2. The van der Waals surface area contributed by atoms with Crippen molar-refractivity contribution in [2.24, 2.45) is 4.99 Å². The van der Waals surface area contributed by atoms with Gasteiger partial charge in [-0.15, -0.1) is 24.0 Å². The Morgan fingerprint density at radius 1 is 1.57 bits per heavy atom. The topological polar surface area (TPSA) is 56.7 Å². The van der Waals surface area contributed by atoms with Crippen molar-refractivity contribution in [2.75, 3.05) is 20.1 Å². The van der Waals surface area contributed by atoms with E-state index < -0.39 is 0 Å². The maximum absolute atomic E-state index is 11.6. The number of thiophene rings is 1. The summed E-state index contributed by atoms with van der Waals surface area (Å²) >= 11 is 1.69. The standard InChI is InChI=1S/C14H22N4OS.HI/c1-3-13(19)18-6-4-12(9-18)17-14(15-2)16-8-11-5-7-20-10-11;/h5,7,10,12H,3-4,6,8-9H2,1-2H3,(H2,15,16,17);1H. The second-order valence-electron chi connectivity index (χ2n) is 4.88. The van der Waals surface area contributed by atoms with Crippen molar-refractivity contribution in [1.29, 1.82) is 0 Å². The molecule has 118 valence electrons. The maximum Gasteiger partial charge on any atom is 0.222 e. The van der Waals surface area contributed by atoms with Crippen molar-refractivity contribution in [1.82, 2.24) is 15.5 Å². The SMILES string of the molecule is CCC(=O)N1CCC(NC(=NC)NCc2ccsc2)C1.I. The average molecular weight is 422 g/mol. The van der Waals surface area contributed by atoms with Crippen molar-refractivity contribution in [3.05, 3.63) is 22.4 Å².